The summed E-state index contributed by atoms with van der Waals surface area (Å²) >= 11 is 0. The molecule has 1 aromatic heterocycles. The zero-order chi connectivity index (χ0) is 13.1. The highest BCUT2D eigenvalue weighted by atomic mass is 19.1. The van der Waals surface area contributed by atoms with Gasteiger partial charge in [0.1, 0.15) is 6.10 Å². The van der Waals surface area contributed by atoms with Gasteiger partial charge >= 0.3 is 0 Å². The number of methoxy groups -OCH3 is 1. The lowest BCUT2D eigenvalue weighted by Gasteiger charge is -2.10. The average Bonchev–Trinajstić information content (AvgIpc) is 2.78. The van der Waals surface area contributed by atoms with Crippen LogP contribution in [0.3, 0.4) is 0 Å². The molecule has 0 saturated carbocycles. The molecule has 1 heterocycles. The predicted molar refractivity (Wildman–Crippen MR) is 64.8 cm³/mol. The molecule has 96 valence electrons. The maximum atomic E-state index is 13.9. The van der Waals surface area contributed by atoms with Crippen LogP contribution in [0.15, 0.2) is 30.7 Å². The van der Waals surface area contributed by atoms with Crippen LogP contribution in [0.4, 0.5) is 4.39 Å². The van der Waals surface area contributed by atoms with Crippen molar-refractivity contribution in [2.75, 3.05) is 7.11 Å². The maximum Gasteiger partial charge on any atom is 0.168 e. The molecule has 2 rings (SSSR count). The molecule has 0 fully saturated rings. The van der Waals surface area contributed by atoms with Crippen molar-refractivity contribution in [1.82, 2.24) is 9.55 Å². The fraction of sp³-hybridized carbons (Fsp3) is 0.308. The normalized spacial score (nSPS) is 12.4. The van der Waals surface area contributed by atoms with Crippen LogP contribution in [0.2, 0.25) is 0 Å². The van der Waals surface area contributed by atoms with Crippen molar-refractivity contribution >= 4 is 0 Å². The molecule has 0 saturated heterocycles. The summed E-state index contributed by atoms with van der Waals surface area (Å²) in [5, 5.41) is 9.99. The Balaban J connectivity index is 2.19. The molecule has 0 aliphatic carbocycles. The second kappa shape index (κ2) is 5.18. The van der Waals surface area contributed by atoms with Crippen LogP contribution in [-0.4, -0.2) is 21.8 Å². The lowest BCUT2D eigenvalue weighted by Crippen LogP contribution is -2.05. The molecular weight excluding hydrogens is 235 g/mol. The molecular formula is C13H15FN2O2. The minimum absolute atomic E-state index is 0.167. The zero-order valence-corrected chi connectivity index (χ0v) is 10.3. The van der Waals surface area contributed by atoms with Gasteiger partial charge in [0.2, 0.25) is 0 Å². The van der Waals surface area contributed by atoms with Crippen molar-refractivity contribution in [3.8, 4) is 5.75 Å². The van der Waals surface area contributed by atoms with Crippen LogP contribution in [0.1, 0.15) is 17.4 Å². The summed E-state index contributed by atoms with van der Waals surface area (Å²) in [7, 11) is 3.23. The standard InChI is InChI=1S/C13H15FN2O2/c1-16-7-10(15-8-16)11(17)6-9-4-3-5-12(18-2)13(9)14/h3-5,7-8,11,17H,6H2,1-2H3. The van der Waals surface area contributed by atoms with Crippen LogP contribution < -0.4 is 4.74 Å². The molecule has 1 N–H and O–H groups in total. The molecule has 2 aromatic rings. The first-order chi connectivity index (χ1) is 8.61. The van der Waals surface area contributed by atoms with Gasteiger partial charge in [-0.05, 0) is 11.6 Å². The van der Waals surface area contributed by atoms with Crippen LogP contribution in [0, 0.1) is 5.82 Å². The Morgan fingerprint density at radius 1 is 1.50 bits per heavy atom. The third kappa shape index (κ3) is 2.51. The van der Waals surface area contributed by atoms with Gasteiger partial charge < -0.3 is 14.4 Å². The quantitative estimate of drug-likeness (QED) is 0.900. The van der Waals surface area contributed by atoms with E-state index in [2.05, 4.69) is 4.98 Å². The van der Waals surface area contributed by atoms with Crippen molar-refractivity contribution in [3.05, 3.63) is 47.8 Å². The topological polar surface area (TPSA) is 47.3 Å². The Bertz CT molecular complexity index is 540. The number of imidazole rings is 1. The average molecular weight is 250 g/mol. The van der Waals surface area contributed by atoms with Gasteiger partial charge in [-0.1, -0.05) is 12.1 Å². The molecule has 1 aromatic carbocycles. The van der Waals surface area contributed by atoms with E-state index in [0.29, 0.717) is 11.3 Å². The summed E-state index contributed by atoms with van der Waals surface area (Å²) in [6, 6.07) is 4.87. The van der Waals surface area contributed by atoms with Crippen molar-refractivity contribution in [1.29, 1.82) is 0 Å². The first-order valence-electron chi connectivity index (χ1n) is 5.59. The maximum absolute atomic E-state index is 13.9. The number of nitrogens with zero attached hydrogens (tertiary/aromatic N) is 2. The van der Waals surface area contributed by atoms with Crippen LogP contribution in [0.5, 0.6) is 5.75 Å². The van der Waals surface area contributed by atoms with E-state index in [0.717, 1.165) is 0 Å². The third-order valence-electron chi connectivity index (χ3n) is 2.74. The summed E-state index contributed by atoms with van der Waals surface area (Å²) in [6.45, 7) is 0. The van der Waals surface area contributed by atoms with Crippen molar-refractivity contribution in [2.45, 2.75) is 12.5 Å². The number of aliphatic hydroxyl groups excluding tert-OH is 1. The molecule has 4 nitrogen and oxygen atoms in total. The van der Waals surface area contributed by atoms with Crippen molar-refractivity contribution in [3.63, 3.8) is 0 Å². The van der Waals surface area contributed by atoms with E-state index >= 15 is 0 Å². The Hall–Kier alpha value is -1.88. The molecule has 0 aliphatic heterocycles. The van der Waals surface area contributed by atoms with E-state index in [-0.39, 0.29) is 12.2 Å². The number of aryl methyl sites for hydroxylation is 1. The molecule has 1 atom stereocenters. The lowest BCUT2D eigenvalue weighted by atomic mass is 10.1. The molecule has 5 heteroatoms. The summed E-state index contributed by atoms with van der Waals surface area (Å²) in [4.78, 5) is 4.04. The Morgan fingerprint density at radius 2 is 2.28 bits per heavy atom. The highest BCUT2D eigenvalue weighted by Gasteiger charge is 2.15. The monoisotopic (exact) mass is 250 g/mol. The molecule has 0 radical (unpaired) electrons. The van der Waals surface area contributed by atoms with Crippen LogP contribution >= 0.6 is 0 Å². The van der Waals surface area contributed by atoms with E-state index < -0.39 is 11.9 Å². The van der Waals surface area contributed by atoms with Gasteiger partial charge in [0.05, 0.1) is 19.1 Å². The number of aromatic nitrogens is 2. The highest BCUT2D eigenvalue weighted by Crippen LogP contribution is 2.24. The summed E-state index contributed by atoms with van der Waals surface area (Å²) in [5.74, 6) is -0.254. The van der Waals surface area contributed by atoms with Gasteiger partial charge in [0.25, 0.3) is 0 Å². The number of hydrogen-bond acceptors (Lipinski definition) is 3. The molecule has 0 spiro atoms. The number of halogens is 1. The van der Waals surface area contributed by atoms with Gasteiger partial charge in [-0.25, -0.2) is 9.37 Å². The SMILES string of the molecule is COc1cccc(CC(O)c2cn(C)cn2)c1F. The van der Waals surface area contributed by atoms with Gasteiger partial charge in [-0.2, -0.15) is 0 Å². The highest BCUT2D eigenvalue weighted by molar-refractivity contribution is 5.31. The summed E-state index contributed by atoms with van der Waals surface area (Å²) in [6.07, 6.45) is 2.65. The second-order valence-electron chi connectivity index (χ2n) is 4.12. The minimum atomic E-state index is -0.826. The molecule has 18 heavy (non-hydrogen) atoms. The van der Waals surface area contributed by atoms with E-state index in [4.69, 9.17) is 4.74 Å². The van der Waals surface area contributed by atoms with E-state index in [1.54, 1.807) is 35.3 Å². The molecule has 0 amide bonds. The Morgan fingerprint density at radius 3 is 2.89 bits per heavy atom. The third-order valence-corrected chi connectivity index (χ3v) is 2.74. The number of aliphatic hydroxyl groups is 1. The van der Waals surface area contributed by atoms with Crippen LogP contribution in [0.25, 0.3) is 0 Å². The molecule has 0 bridgehead atoms. The second-order valence-corrected chi connectivity index (χ2v) is 4.12. The van der Waals surface area contributed by atoms with Gasteiger partial charge in [-0.15, -0.1) is 0 Å². The summed E-state index contributed by atoms with van der Waals surface area (Å²) < 4.78 is 20.5. The molecule has 1 unspecified atom stereocenters. The number of ether oxygens (including phenoxy) is 1. The van der Waals surface area contributed by atoms with E-state index in [1.807, 2.05) is 7.05 Å². The number of hydrogen-bond donors (Lipinski definition) is 1. The minimum Gasteiger partial charge on any atom is -0.494 e. The van der Waals surface area contributed by atoms with E-state index in [1.165, 1.54) is 7.11 Å². The Kier molecular flexibility index (Phi) is 3.62. The predicted octanol–water partition coefficient (Wildman–Crippen LogP) is 1.84. The van der Waals surface area contributed by atoms with Gasteiger partial charge in [-0.3, -0.25) is 0 Å². The summed E-state index contributed by atoms with van der Waals surface area (Å²) in [5.41, 5.74) is 0.937. The first-order valence-corrected chi connectivity index (χ1v) is 5.59. The largest absolute Gasteiger partial charge is 0.494 e. The first kappa shape index (κ1) is 12.6. The molecule has 0 aliphatic rings. The van der Waals surface area contributed by atoms with Gasteiger partial charge in [0.15, 0.2) is 11.6 Å². The number of benzene rings is 1. The zero-order valence-electron chi connectivity index (χ0n) is 10.3. The van der Waals surface area contributed by atoms with Crippen molar-refractivity contribution < 1.29 is 14.2 Å². The number of rotatable bonds is 4. The van der Waals surface area contributed by atoms with Crippen LogP contribution in [-0.2, 0) is 13.5 Å². The Labute approximate surface area is 105 Å². The lowest BCUT2D eigenvalue weighted by molar-refractivity contribution is 0.172. The van der Waals surface area contributed by atoms with Gasteiger partial charge in [0, 0.05) is 19.7 Å². The fourth-order valence-electron chi connectivity index (χ4n) is 1.79. The van der Waals surface area contributed by atoms with Crippen molar-refractivity contribution in [2.24, 2.45) is 7.05 Å². The smallest absolute Gasteiger partial charge is 0.168 e. The fourth-order valence-corrected chi connectivity index (χ4v) is 1.79. The van der Waals surface area contributed by atoms with E-state index in [9.17, 15) is 9.50 Å².